The minimum atomic E-state index is 0.00630. The SMILES string of the molecule is [CH2]C(C=O)CC(CC)CCCC. The molecule has 0 spiro atoms. The molecule has 0 bridgehead atoms. The van der Waals surface area contributed by atoms with E-state index in [1.807, 2.05) is 0 Å². The van der Waals surface area contributed by atoms with E-state index in [9.17, 15) is 4.79 Å². The molecule has 0 saturated heterocycles. The second-order valence-corrected chi connectivity index (χ2v) is 3.55. The molecule has 0 aromatic carbocycles. The van der Waals surface area contributed by atoms with Gasteiger partial charge in [0.15, 0.2) is 0 Å². The van der Waals surface area contributed by atoms with E-state index in [4.69, 9.17) is 0 Å². The molecule has 2 unspecified atom stereocenters. The Morgan fingerprint density at radius 3 is 2.50 bits per heavy atom. The van der Waals surface area contributed by atoms with Gasteiger partial charge in [-0.15, -0.1) is 0 Å². The first kappa shape index (κ1) is 11.7. The molecule has 0 aliphatic carbocycles. The van der Waals surface area contributed by atoms with Crippen LogP contribution in [0.15, 0.2) is 0 Å². The largest absolute Gasteiger partial charge is 0.303 e. The molecular weight excluding hydrogens is 148 g/mol. The van der Waals surface area contributed by atoms with Gasteiger partial charge >= 0.3 is 0 Å². The van der Waals surface area contributed by atoms with Crippen molar-refractivity contribution >= 4 is 6.29 Å². The van der Waals surface area contributed by atoms with Crippen LogP contribution in [0.3, 0.4) is 0 Å². The molecule has 71 valence electrons. The molecule has 0 fully saturated rings. The fraction of sp³-hybridized carbons (Fsp3) is 0.818. The number of hydrogen-bond donors (Lipinski definition) is 0. The Labute approximate surface area is 76.6 Å². The molecule has 12 heavy (non-hydrogen) atoms. The highest BCUT2D eigenvalue weighted by molar-refractivity contribution is 5.54. The van der Waals surface area contributed by atoms with E-state index in [2.05, 4.69) is 20.8 Å². The van der Waals surface area contributed by atoms with Crippen LogP contribution in [0.4, 0.5) is 0 Å². The van der Waals surface area contributed by atoms with Crippen molar-refractivity contribution < 1.29 is 4.79 Å². The van der Waals surface area contributed by atoms with E-state index in [1.54, 1.807) is 0 Å². The van der Waals surface area contributed by atoms with Gasteiger partial charge < -0.3 is 4.79 Å². The second-order valence-electron chi connectivity index (χ2n) is 3.55. The number of aldehydes is 1. The van der Waals surface area contributed by atoms with E-state index in [0.29, 0.717) is 5.92 Å². The molecule has 1 nitrogen and oxygen atoms in total. The normalized spacial score (nSPS) is 15.6. The van der Waals surface area contributed by atoms with Gasteiger partial charge in [0.1, 0.15) is 6.29 Å². The molecule has 1 radical (unpaired) electrons. The van der Waals surface area contributed by atoms with Crippen molar-refractivity contribution in [1.82, 2.24) is 0 Å². The summed E-state index contributed by atoms with van der Waals surface area (Å²) in [7, 11) is 0. The first-order valence-corrected chi connectivity index (χ1v) is 5.02. The lowest BCUT2D eigenvalue weighted by molar-refractivity contribution is -0.110. The van der Waals surface area contributed by atoms with Crippen LogP contribution in [0.2, 0.25) is 0 Å². The third kappa shape index (κ3) is 5.34. The van der Waals surface area contributed by atoms with Gasteiger partial charge in [-0.3, -0.25) is 0 Å². The van der Waals surface area contributed by atoms with Gasteiger partial charge in [-0.25, -0.2) is 0 Å². The smallest absolute Gasteiger partial charge is 0.123 e. The number of carbonyl (C=O) groups excluding carboxylic acids is 1. The Kier molecular flexibility index (Phi) is 7.12. The summed E-state index contributed by atoms with van der Waals surface area (Å²) in [6.07, 6.45) is 6.91. The van der Waals surface area contributed by atoms with Crippen LogP contribution in [0, 0.1) is 18.8 Å². The van der Waals surface area contributed by atoms with E-state index in [1.165, 1.54) is 25.7 Å². The summed E-state index contributed by atoms with van der Waals surface area (Å²) in [5, 5.41) is 0. The predicted octanol–water partition coefficient (Wildman–Crippen LogP) is 3.24. The van der Waals surface area contributed by atoms with Crippen molar-refractivity contribution in [3.05, 3.63) is 6.92 Å². The average molecular weight is 169 g/mol. The molecule has 0 N–H and O–H groups in total. The lowest BCUT2D eigenvalue weighted by atomic mass is 9.90. The first-order valence-electron chi connectivity index (χ1n) is 5.02. The zero-order valence-electron chi connectivity index (χ0n) is 8.38. The summed E-state index contributed by atoms with van der Waals surface area (Å²) >= 11 is 0. The van der Waals surface area contributed by atoms with Crippen LogP contribution in [0.25, 0.3) is 0 Å². The summed E-state index contributed by atoms with van der Waals surface area (Å²) in [5.41, 5.74) is 0. The van der Waals surface area contributed by atoms with Crippen molar-refractivity contribution in [2.45, 2.75) is 46.0 Å². The van der Waals surface area contributed by atoms with E-state index >= 15 is 0 Å². The fourth-order valence-electron chi connectivity index (χ4n) is 1.47. The van der Waals surface area contributed by atoms with Gasteiger partial charge in [0, 0.05) is 5.92 Å². The van der Waals surface area contributed by atoms with E-state index < -0.39 is 0 Å². The van der Waals surface area contributed by atoms with Crippen LogP contribution in [0.1, 0.15) is 46.0 Å². The Hall–Kier alpha value is -0.330. The minimum absolute atomic E-state index is 0.00630. The summed E-state index contributed by atoms with van der Waals surface area (Å²) in [6, 6.07) is 0. The minimum Gasteiger partial charge on any atom is -0.303 e. The standard InChI is InChI=1S/C11H21O/c1-4-6-7-11(5-2)8-10(3)9-12/h9-11H,3-8H2,1-2H3. The third-order valence-electron chi connectivity index (χ3n) is 2.37. The van der Waals surface area contributed by atoms with Crippen LogP contribution in [0.5, 0.6) is 0 Å². The Bertz CT molecular complexity index is 110. The Morgan fingerprint density at radius 1 is 1.42 bits per heavy atom. The van der Waals surface area contributed by atoms with E-state index in [0.717, 1.165) is 12.7 Å². The van der Waals surface area contributed by atoms with Crippen LogP contribution in [-0.2, 0) is 4.79 Å². The highest BCUT2D eigenvalue weighted by Crippen LogP contribution is 2.19. The maximum atomic E-state index is 10.4. The third-order valence-corrected chi connectivity index (χ3v) is 2.37. The molecular formula is C11H21O. The van der Waals surface area contributed by atoms with Gasteiger partial charge in [0.25, 0.3) is 0 Å². The van der Waals surface area contributed by atoms with Gasteiger partial charge in [0.2, 0.25) is 0 Å². The summed E-state index contributed by atoms with van der Waals surface area (Å²) < 4.78 is 0. The number of carbonyl (C=O) groups is 1. The van der Waals surface area contributed by atoms with Crippen LogP contribution in [-0.4, -0.2) is 6.29 Å². The number of unbranched alkanes of at least 4 members (excludes halogenated alkanes) is 1. The number of hydrogen-bond acceptors (Lipinski definition) is 1. The quantitative estimate of drug-likeness (QED) is 0.535. The monoisotopic (exact) mass is 169 g/mol. The van der Waals surface area contributed by atoms with Crippen molar-refractivity contribution in [1.29, 1.82) is 0 Å². The second kappa shape index (κ2) is 7.33. The molecule has 2 atom stereocenters. The highest BCUT2D eigenvalue weighted by Gasteiger charge is 2.09. The Morgan fingerprint density at radius 2 is 2.08 bits per heavy atom. The van der Waals surface area contributed by atoms with Crippen molar-refractivity contribution in [3.63, 3.8) is 0 Å². The van der Waals surface area contributed by atoms with Gasteiger partial charge in [-0.05, 0) is 19.3 Å². The van der Waals surface area contributed by atoms with Gasteiger partial charge in [-0.1, -0.05) is 39.5 Å². The first-order chi connectivity index (χ1) is 5.74. The molecule has 0 aliphatic rings. The highest BCUT2D eigenvalue weighted by atomic mass is 16.1. The molecule has 0 amide bonds. The lowest BCUT2D eigenvalue weighted by Gasteiger charge is -2.15. The topological polar surface area (TPSA) is 17.1 Å². The van der Waals surface area contributed by atoms with E-state index in [-0.39, 0.29) is 5.92 Å². The molecule has 1 heteroatoms. The molecule has 0 rings (SSSR count). The molecule has 0 saturated carbocycles. The van der Waals surface area contributed by atoms with Crippen molar-refractivity contribution in [3.8, 4) is 0 Å². The van der Waals surface area contributed by atoms with Crippen LogP contribution < -0.4 is 0 Å². The van der Waals surface area contributed by atoms with Crippen molar-refractivity contribution in [2.75, 3.05) is 0 Å². The average Bonchev–Trinajstić information content (AvgIpc) is 2.11. The summed E-state index contributed by atoms with van der Waals surface area (Å²) in [4.78, 5) is 10.4. The zero-order valence-corrected chi connectivity index (χ0v) is 8.38. The molecule has 0 aromatic rings. The zero-order chi connectivity index (χ0) is 9.40. The predicted molar refractivity (Wildman–Crippen MR) is 52.8 cm³/mol. The Balaban J connectivity index is 3.58. The van der Waals surface area contributed by atoms with Gasteiger partial charge in [0.05, 0.1) is 0 Å². The summed E-state index contributed by atoms with van der Waals surface area (Å²) in [5.74, 6) is 0.712. The fourth-order valence-corrected chi connectivity index (χ4v) is 1.47. The molecule has 0 aliphatic heterocycles. The van der Waals surface area contributed by atoms with Crippen molar-refractivity contribution in [2.24, 2.45) is 11.8 Å². The van der Waals surface area contributed by atoms with Gasteiger partial charge in [-0.2, -0.15) is 0 Å². The molecule has 0 heterocycles. The lowest BCUT2D eigenvalue weighted by Crippen LogP contribution is -2.06. The maximum absolute atomic E-state index is 10.4. The number of rotatable bonds is 7. The molecule has 0 aromatic heterocycles. The summed E-state index contributed by atoms with van der Waals surface area (Å²) in [6.45, 7) is 8.18. The maximum Gasteiger partial charge on any atom is 0.123 e. The van der Waals surface area contributed by atoms with Crippen LogP contribution >= 0.6 is 0 Å².